The van der Waals surface area contributed by atoms with Crippen LogP contribution in [0, 0.1) is 0 Å². The third kappa shape index (κ3) is 6.67. The van der Waals surface area contributed by atoms with Crippen molar-refractivity contribution in [1.29, 1.82) is 0 Å². The number of benzene rings is 11. The van der Waals surface area contributed by atoms with Gasteiger partial charge in [0.2, 0.25) is 0 Å². The molecule has 0 bridgehead atoms. The first-order chi connectivity index (χ1) is 33.2. The molecule has 2 aromatic heterocycles. The van der Waals surface area contributed by atoms with Gasteiger partial charge in [0.15, 0.2) is 0 Å². The van der Waals surface area contributed by atoms with Gasteiger partial charge in [0.1, 0.15) is 11.2 Å². The van der Waals surface area contributed by atoms with Crippen LogP contribution in [0.25, 0.3) is 105 Å². The summed E-state index contributed by atoms with van der Waals surface area (Å²) in [4.78, 5) is 2.40. The first-order valence-corrected chi connectivity index (χ1v) is 22.9. The number of furan rings is 1. The molecule has 0 amide bonds. The second-order valence-corrected chi connectivity index (χ2v) is 17.3. The SMILES string of the molecule is c1cc(-c2ccc(N(c3cccc(-c4ccc5c(c4)oc4ccccc45)c3)c3ccccc3-c3cccc4ccccc34)cc2)cc(-c2cccc(-n3c4ccccc4c4ccccc43)c2)c1. The third-order valence-electron chi connectivity index (χ3n) is 13.4. The highest BCUT2D eigenvalue weighted by Crippen LogP contribution is 2.44. The Bertz CT molecular complexity index is 3950. The fourth-order valence-electron chi connectivity index (χ4n) is 10.2. The number of anilines is 3. The molecule has 13 aromatic rings. The van der Waals surface area contributed by atoms with Crippen LogP contribution in [0.4, 0.5) is 17.1 Å². The molecule has 2 heterocycles. The van der Waals surface area contributed by atoms with Crippen molar-refractivity contribution in [2.45, 2.75) is 0 Å². The van der Waals surface area contributed by atoms with E-state index in [4.69, 9.17) is 4.42 Å². The van der Waals surface area contributed by atoms with Crippen molar-refractivity contribution in [2.75, 3.05) is 4.90 Å². The summed E-state index contributed by atoms with van der Waals surface area (Å²) < 4.78 is 8.73. The average Bonchev–Trinajstić information content (AvgIpc) is 3.95. The molecular weight excluding hydrogens is 813 g/mol. The number of hydrogen-bond acceptors (Lipinski definition) is 2. The van der Waals surface area contributed by atoms with Crippen molar-refractivity contribution >= 4 is 71.6 Å². The number of para-hydroxylation sites is 4. The molecule has 67 heavy (non-hydrogen) atoms. The topological polar surface area (TPSA) is 21.3 Å². The van der Waals surface area contributed by atoms with Gasteiger partial charge in [-0.3, -0.25) is 0 Å². The van der Waals surface area contributed by atoms with Crippen LogP contribution in [0.5, 0.6) is 0 Å². The summed E-state index contributed by atoms with van der Waals surface area (Å²) in [6.07, 6.45) is 0. The largest absolute Gasteiger partial charge is 0.456 e. The Morgan fingerprint density at radius 3 is 1.64 bits per heavy atom. The zero-order valence-electron chi connectivity index (χ0n) is 36.6. The average molecular weight is 855 g/mol. The molecule has 3 nitrogen and oxygen atoms in total. The minimum Gasteiger partial charge on any atom is -0.456 e. The summed E-state index contributed by atoms with van der Waals surface area (Å²) in [5.41, 5.74) is 17.8. The van der Waals surface area contributed by atoms with Gasteiger partial charge in [-0.25, -0.2) is 0 Å². The Balaban J connectivity index is 0.901. The van der Waals surface area contributed by atoms with Crippen molar-refractivity contribution in [3.8, 4) is 50.2 Å². The number of hydrogen-bond donors (Lipinski definition) is 0. The molecule has 0 aliphatic heterocycles. The van der Waals surface area contributed by atoms with Gasteiger partial charge >= 0.3 is 0 Å². The minimum absolute atomic E-state index is 0.887. The van der Waals surface area contributed by atoms with Gasteiger partial charge in [-0.1, -0.05) is 176 Å². The lowest BCUT2D eigenvalue weighted by Gasteiger charge is -2.29. The van der Waals surface area contributed by atoms with E-state index in [1.807, 2.05) is 12.1 Å². The van der Waals surface area contributed by atoms with Crippen LogP contribution >= 0.6 is 0 Å². The molecule has 0 saturated heterocycles. The van der Waals surface area contributed by atoms with E-state index >= 15 is 0 Å². The maximum absolute atomic E-state index is 6.35. The van der Waals surface area contributed by atoms with E-state index in [1.165, 1.54) is 49.3 Å². The number of aromatic nitrogens is 1. The van der Waals surface area contributed by atoms with Crippen LogP contribution < -0.4 is 4.90 Å². The van der Waals surface area contributed by atoms with Crippen molar-refractivity contribution in [1.82, 2.24) is 4.57 Å². The van der Waals surface area contributed by atoms with Crippen molar-refractivity contribution in [2.24, 2.45) is 0 Å². The Kier molecular flexibility index (Phi) is 9.17. The molecule has 0 aliphatic rings. The van der Waals surface area contributed by atoms with Gasteiger partial charge in [0.05, 0.1) is 16.7 Å². The van der Waals surface area contributed by atoms with Gasteiger partial charge in [-0.2, -0.15) is 0 Å². The zero-order chi connectivity index (χ0) is 44.3. The van der Waals surface area contributed by atoms with E-state index in [1.54, 1.807) is 0 Å². The molecular formula is C64H42N2O. The lowest BCUT2D eigenvalue weighted by molar-refractivity contribution is 0.669. The summed E-state index contributed by atoms with van der Waals surface area (Å²) in [6.45, 7) is 0. The van der Waals surface area contributed by atoms with Crippen molar-refractivity contribution in [3.05, 3.63) is 255 Å². The standard InChI is InChI=1S/C64H42N2O/c1-2-23-53-44(15-1)16-14-28-54(53)55-24-3-7-29-60(55)65(51-21-12-20-48(40-51)49-35-38-59-58-27-6-10-32-63(58)67-64(59)42-49)50-36-33-43(34-37-50)45-17-11-18-46(39-45)47-19-13-22-52(41-47)66-61-30-8-4-25-56(61)57-26-5-9-31-62(57)66/h1-42H. The molecule has 0 atom stereocenters. The van der Waals surface area contributed by atoms with Crippen LogP contribution in [0.3, 0.4) is 0 Å². The Labute approximate surface area is 388 Å². The summed E-state index contributed by atoms with van der Waals surface area (Å²) in [6, 6.07) is 92.0. The lowest BCUT2D eigenvalue weighted by atomic mass is 9.95. The van der Waals surface area contributed by atoms with Crippen LogP contribution in [-0.4, -0.2) is 4.57 Å². The van der Waals surface area contributed by atoms with Gasteiger partial charge in [0, 0.05) is 44.2 Å². The van der Waals surface area contributed by atoms with E-state index in [-0.39, 0.29) is 0 Å². The molecule has 0 radical (unpaired) electrons. The smallest absolute Gasteiger partial charge is 0.136 e. The van der Waals surface area contributed by atoms with Crippen LogP contribution in [0.2, 0.25) is 0 Å². The second kappa shape index (κ2) is 16.0. The van der Waals surface area contributed by atoms with Crippen LogP contribution in [0.1, 0.15) is 0 Å². The minimum atomic E-state index is 0.887. The van der Waals surface area contributed by atoms with Gasteiger partial charge in [0.25, 0.3) is 0 Å². The van der Waals surface area contributed by atoms with Crippen LogP contribution in [-0.2, 0) is 0 Å². The predicted molar refractivity (Wildman–Crippen MR) is 282 cm³/mol. The molecule has 0 aliphatic carbocycles. The summed E-state index contributed by atoms with van der Waals surface area (Å²) in [5, 5.41) is 7.22. The number of rotatable bonds is 8. The Morgan fingerprint density at radius 1 is 0.299 bits per heavy atom. The quantitative estimate of drug-likeness (QED) is 0.152. The van der Waals surface area contributed by atoms with E-state index in [0.717, 1.165) is 72.5 Å². The van der Waals surface area contributed by atoms with E-state index < -0.39 is 0 Å². The molecule has 0 spiro atoms. The van der Waals surface area contributed by atoms with E-state index in [9.17, 15) is 0 Å². The first kappa shape index (κ1) is 38.5. The molecule has 0 unspecified atom stereocenters. The number of fused-ring (bicyclic) bond motifs is 7. The maximum atomic E-state index is 6.35. The lowest BCUT2D eigenvalue weighted by Crippen LogP contribution is -2.11. The predicted octanol–water partition coefficient (Wildman–Crippen LogP) is 18.0. The van der Waals surface area contributed by atoms with Crippen LogP contribution in [0.15, 0.2) is 259 Å². The fourth-order valence-corrected chi connectivity index (χ4v) is 10.2. The Hall–Kier alpha value is -8.92. The van der Waals surface area contributed by atoms with E-state index in [0.29, 0.717) is 0 Å². The van der Waals surface area contributed by atoms with Gasteiger partial charge < -0.3 is 13.9 Å². The van der Waals surface area contributed by atoms with E-state index in [2.05, 4.69) is 252 Å². The van der Waals surface area contributed by atoms with Crippen molar-refractivity contribution < 1.29 is 4.42 Å². The molecule has 11 aromatic carbocycles. The normalized spacial score (nSPS) is 11.6. The fraction of sp³-hybridized carbons (Fsp3) is 0. The first-order valence-electron chi connectivity index (χ1n) is 22.9. The van der Waals surface area contributed by atoms with Crippen molar-refractivity contribution in [3.63, 3.8) is 0 Å². The highest BCUT2D eigenvalue weighted by atomic mass is 16.3. The van der Waals surface area contributed by atoms with Gasteiger partial charge in [-0.05, 0) is 129 Å². The second-order valence-electron chi connectivity index (χ2n) is 17.3. The highest BCUT2D eigenvalue weighted by molar-refractivity contribution is 6.09. The maximum Gasteiger partial charge on any atom is 0.136 e. The molecule has 0 fully saturated rings. The Morgan fingerprint density at radius 2 is 0.836 bits per heavy atom. The molecule has 314 valence electrons. The third-order valence-corrected chi connectivity index (χ3v) is 13.4. The summed E-state index contributed by atoms with van der Waals surface area (Å²) >= 11 is 0. The molecule has 13 rings (SSSR count). The monoisotopic (exact) mass is 854 g/mol. The molecule has 3 heteroatoms. The zero-order valence-corrected chi connectivity index (χ0v) is 36.6. The molecule has 0 saturated carbocycles. The summed E-state index contributed by atoms with van der Waals surface area (Å²) in [5.74, 6) is 0. The summed E-state index contributed by atoms with van der Waals surface area (Å²) in [7, 11) is 0. The molecule has 0 N–H and O–H groups in total. The highest BCUT2D eigenvalue weighted by Gasteiger charge is 2.20. The number of nitrogens with zero attached hydrogens (tertiary/aromatic N) is 2. The van der Waals surface area contributed by atoms with Gasteiger partial charge in [-0.15, -0.1) is 0 Å².